The predicted octanol–water partition coefficient (Wildman–Crippen LogP) is 3.44. The van der Waals surface area contributed by atoms with Gasteiger partial charge in [-0.2, -0.15) is 13.2 Å². The van der Waals surface area contributed by atoms with Crippen LogP contribution in [-0.2, 0) is 11.8 Å². The smallest absolute Gasteiger partial charge is 0.385 e. The molecule has 0 saturated carbocycles. The molecular formula is C17H20F3N3O. The molecule has 1 fully saturated rings. The van der Waals surface area contributed by atoms with Gasteiger partial charge in [-0.25, -0.2) is 4.98 Å². The number of aromatic amines is 1. The molecule has 4 nitrogen and oxygen atoms in total. The number of H-pyrrole nitrogens is 1. The van der Waals surface area contributed by atoms with E-state index in [2.05, 4.69) is 15.3 Å². The summed E-state index contributed by atoms with van der Waals surface area (Å²) in [6.45, 7) is 3.79. The number of alkyl halides is 3. The molecular weight excluding hydrogens is 319 g/mol. The Labute approximate surface area is 138 Å². The second-order valence-corrected chi connectivity index (χ2v) is 6.55. The van der Waals surface area contributed by atoms with Crippen molar-refractivity contribution in [1.82, 2.24) is 15.3 Å². The molecule has 24 heavy (non-hydrogen) atoms. The van der Waals surface area contributed by atoms with Crippen molar-refractivity contribution in [3.8, 4) is 0 Å². The highest BCUT2D eigenvalue weighted by Crippen LogP contribution is 2.40. The average molecular weight is 339 g/mol. The first-order valence-electron chi connectivity index (χ1n) is 7.85. The first-order chi connectivity index (χ1) is 11.2. The summed E-state index contributed by atoms with van der Waals surface area (Å²) >= 11 is 0. The lowest BCUT2D eigenvalue weighted by Crippen LogP contribution is -2.47. The zero-order valence-electron chi connectivity index (χ0n) is 13.5. The Kier molecular flexibility index (Phi) is 4.17. The first-order valence-corrected chi connectivity index (χ1v) is 7.85. The molecule has 0 spiro atoms. The van der Waals surface area contributed by atoms with Crippen LogP contribution in [0.2, 0.25) is 0 Å². The molecule has 130 valence electrons. The molecule has 3 atom stereocenters. The van der Waals surface area contributed by atoms with Gasteiger partial charge in [0, 0.05) is 18.7 Å². The summed E-state index contributed by atoms with van der Waals surface area (Å²) in [5.41, 5.74) is -0.603. The highest BCUT2D eigenvalue weighted by Gasteiger charge is 2.40. The third kappa shape index (κ3) is 3.32. The topological polar surface area (TPSA) is 60.9 Å². The fourth-order valence-electron chi connectivity index (χ4n) is 3.40. The van der Waals surface area contributed by atoms with E-state index in [-0.39, 0.29) is 12.1 Å². The Hall–Kier alpha value is -1.86. The molecule has 0 bridgehead atoms. The number of aliphatic hydroxyl groups is 1. The maximum absolute atomic E-state index is 12.7. The van der Waals surface area contributed by atoms with E-state index in [0.717, 1.165) is 23.7 Å². The van der Waals surface area contributed by atoms with Gasteiger partial charge in [-0.05, 0) is 38.0 Å². The van der Waals surface area contributed by atoms with Crippen LogP contribution in [0.1, 0.15) is 48.5 Å². The van der Waals surface area contributed by atoms with Gasteiger partial charge in [0.2, 0.25) is 0 Å². The fraction of sp³-hybridized carbons (Fsp3) is 0.471. The number of imidazole rings is 1. The van der Waals surface area contributed by atoms with Gasteiger partial charge in [0.15, 0.2) is 0 Å². The number of hydrogen-bond acceptors (Lipinski definition) is 3. The van der Waals surface area contributed by atoms with Crippen molar-refractivity contribution >= 4 is 0 Å². The lowest BCUT2D eigenvalue weighted by molar-refractivity contribution is -0.137. The minimum atomic E-state index is -4.38. The van der Waals surface area contributed by atoms with Crippen LogP contribution >= 0.6 is 0 Å². The summed E-state index contributed by atoms with van der Waals surface area (Å²) in [6, 6.07) is 4.63. The Morgan fingerprint density at radius 2 is 1.88 bits per heavy atom. The average Bonchev–Trinajstić information content (AvgIpc) is 2.92. The van der Waals surface area contributed by atoms with E-state index in [0.29, 0.717) is 18.4 Å². The maximum Gasteiger partial charge on any atom is 0.416 e. The number of piperidine rings is 1. The predicted molar refractivity (Wildman–Crippen MR) is 83.2 cm³/mol. The van der Waals surface area contributed by atoms with Crippen molar-refractivity contribution < 1.29 is 18.3 Å². The van der Waals surface area contributed by atoms with E-state index in [1.54, 1.807) is 6.20 Å². The molecule has 3 unspecified atom stereocenters. The number of nitrogens with one attached hydrogen (secondary N) is 2. The monoisotopic (exact) mass is 339 g/mol. The molecule has 1 aromatic carbocycles. The van der Waals surface area contributed by atoms with E-state index in [1.165, 1.54) is 12.1 Å². The number of hydrogen-bond donors (Lipinski definition) is 3. The van der Waals surface area contributed by atoms with Gasteiger partial charge in [0.1, 0.15) is 5.82 Å². The Morgan fingerprint density at radius 1 is 1.21 bits per heavy atom. The van der Waals surface area contributed by atoms with Crippen molar-refractivity contribution in [2.45, 2.75) is 50.6 Å². The second kappa shape index (κ2) is 5.89. The Morgan fingerprint density at radius 3 is 2.42 bits per heavy atom. The highest BCUT2D eigenvalue weighted by molar-refractivity contribution is 5.30. The molecule has 0 aliphatic carbocycles. The van der Waals surface area contributed by atoms with Gasteiger partial charge in [-0.3, -0.25) is 0 Å². The van der Waals surface area contributed by atoms with Crippen LogP contribution in [0, 0.1) is 6.92 Å². The minimum absolute atomic E-state index is 0.00745. The zero-order chi connectivity index (χ0) is 17.5. The van der Waals surface area contributed by atoms with Crippen molar-refractivity contribution in [1.29, 1.82) is 0 Å². The van der Waals surface area contributed by atoms with Gasteiger partial charge in [0.05, 0.1) is 22.9 Å². The van der Waals surface area contributed by atoms with Gasteiger partial charge < -0.3 is 15.4 Å². The second-order valence-electron chi connectivity index (χ2n) is 6.55. The van der Waals surface area contributed by atoms with Crippen molar-refractivity contribution in [2.24, 2.45) is 0 Å². The summed E-state index contributed by atoms with van der Waals surface area (Å²) in [6.07, 6.45) is -1.80. The normalized spacial score (nSPS) is 28.1. The van der Waals surface area contributed by atoms with Crippen LogP contribution in [0.4, 0.5) is 13.2 Å². The van der Waals surface area contributed by atoms with Crippen molar-refractivity contribution in [3.05, 3.63) is 53.1 Å². The summed E-state index contributed by atoms with van der Waals surface area (Å²) in [4.78, 5) is 7.41. The highest BCUT2D eigenvalue weighted by atomic mass is 19.4. The number of benzene rings is 1. The van der Waals surface area contributed by atoms with Gasteiger partial charge in [-0.15, -0.1) is 0 Å². The lowest BCUT2D eigenvalue weighted by atomic mass is 9.78. The molecule has 7 heteroatoms. The number of nitrogens with zero attached hydrogens (tertiary/aromatic N) is 1. The number of aromatic nitrogens is 2. The van der Waals surface area contributed by atoms with Gasteiger partial charge >= 0.3 is 6.18 Å². The quantitative estimate of drug-likeness (QED) is 0.785. The molecule has 0 radical (unpaired) electrons. The minimum Gasteiger partial charge on any atom is -0.385 e. The summed E-state index contributed by atoms with van der Waals surface area (Å²) in [7, 11) is 0. The van der Waals surface area contributed by atoms with Crippen LogP contribution < -0.4 is 5.32 Å². The van der Waals surface area contributed by atoms with Gasteiger partial charge in [-0.1, -0.05) is 12.1 Å². The van der Waals surface area contributed by atoms with Crippen LogP contribution in [0.25, 0.3) is 0 Å². The zero-order valence-corrected chi connectivity index (χ0v) is 13.5. The largest absolute Gasteiger partial charge is 0.416 e. The molecule has 1 aromatic heterocycles. The molecule has 3 rings (SSSR count). The fourth-order valence-corrected chi connectivity index (χ4v) is 3.40. The molecule has 2 heterocycles. The molecule has 1 aliphatic rings. The van der Waals surface area contributed by atoms with Crippen LogP contribution in [0.15, 0.2) is 30.5 Å². The molecule has 1 saturated heterocycles. The Balaban J connectivity index is 1.87. The van der Waals surface area contributed by atoms with Crippen LogP contribution in [-0.4, -0.2) is 21.1 Å². The van der Waals surface area contributed by atoms with Crippen molar-refractivity contribution in [3.63, 3.8) is 0 Å². The maximum atomic E-state index is 12.7. The van der Waals surface area contributed by atoms with Crippen LogP contribution in [0.5, 0.6) is 0 Å². The molecule has 3 N–H and O–H groups in total. The third-order valence-electron chi connectivity index (χ3n) is 4.50. The van der Waals surface area contributed by atoms with Crippen molar-refractivity contribution in [2.75, 3.05) is 0 Å². The lowest BCUT2D eigenvalue weighted by Gasteiger charge is -2.41. The van der Waals surface area contributed by atoms with E-state index in [9.17, 15) is 18.3 Å². The number of halogens is 3. The number of rotatable bonds is 2. The SMILES string of the molecule is Cc1nc(C2CC(O)(c3ccc(C(F)(F)F)cc3)CC(C)N2)c[nH]1. The standard InChI is InChI=1S/C17H20F3N3O/c1-10-7-16(24,8-14(22-10)15-9-21-11(2)23-15)12-3-5-13(6-4-12)17(18,19)20/h3-6,9-10,14,22,24H,7-8H2,1-2H3,(H,21,23). The Bertz CT molecular complexity index is 711. The molecule has 2 aromatic rings. The van der Waals surface area contributed by atoms with E-state index in [4.69, 9.17) is 0 Å². The van der Waals surface area contributed by atoms with E-state index in [1.807, 2.05) is 13.8 Å². The van der Waals surface area contributed by atoms with E-state index < -0.39 is 17.3 Å². The first kappa shape index (κ1) is 17.0. The summed E-state index contributed by atoms with van der Waals surface area (Å²) in [5, 5.41) is 14.5. The molecule has 1 aliphatic heterocycles. The van der Waals surface area contributed by atoms with Crippen LogP contribution in [0.3, 0.4) is 0 Å². The van der Waals surface area contributed by atoms with Gasteiger partial charge in [0.25, 0.3) is 0 Å². The van der Waals surface area contributed by atoms with E-state index >= 15 is 0 Å². The summed E-state index contributed by atoms with van der Waals surface area (Å²) < 4.78 is 38.2. The number of aryl methyl sites for hydroxylation is 1. The third-order valence-corrected chi connectivity index (χ3v) is 4.50. The summed E-state index contributed by atoms with van der Waals surface area (Å²) in [5.74, 6) is 0.781. The molecule has 0 amide bonds.